The first-order valence-electron chi connectivity index (χ1n) is 4.54. The molecule has 0 aliphatic rings. The van der Waals surface area contributed by atoms with Crippen LogP contribution in [-0.2, 0) is 0 Å². The smallest absolute Gasteiger partial charge is 0.407 e. The molecule has 0 aliphatic carbocycles. The molecule has 0 heterocycles. The van der Waals surface area contributed by atoms with Gasteiger partial charge < -0.3 is 15.9 Å². The maximum absolute atomic E-state index is 12.4. The summed E-state index contributed by atoms with van der Waals surface area (Å²) >= 11 is 0. The van der Waals surface area contributed by atoms with E-state index in [1.165, 1.54) is 13.0 Å². The summed E-state index contributed by atoms with van der Waals surface area (Å²) in [6.07, 6.45) is -4.75. The van der Waals surface area contributed by atoms with Crippen LogP contribution in [0, 0.1) is 6.92 Å². The Morgan fingerprint density at radius 2 is 1.94 bits per heavy atom. The Balaban J connectivity index is 3.42. The molecule has 0 saturated carbocycles. The van der Waals surface area contributed by atoms with Crippen LogP contribution in [0.5, 0.6) is 5.75 Å². The summed E-state index contributed by atoms with van der Waals surface area (Å²) < 4.78 is 37.3. The van der Waals surface area contributed by atoms with Crippen LogP contribution >= 0.6 is 0 Å². The van der Waals surface area contributed by atoms with Crippen molar-refractivity contribution in [3.8, 4) is 5.75 Å². The Kier molecular flexibility index (Phi) is 3.33. The van der Waals surface area contributed by atoms with Crippen LogP contribution < -0.4 is 5.73 Å². The maximum Gasteiger partial charge on any atom is 0.407 e. The number of aromatic carboxylic acids is 1. The largest absolute Gasteiger partial charge is 0.507 e. The number of alkyl halides is 3. The maximum atomic E-state index is 12.4. The summed E-state index contributed by atoms with van der Waals surface area (Å²) in [5.74, 6) is -2.46. The summed E-state index contributed by atoms with van der Waals surface area (Å²) in [6, 6.07) is -0.217. The van der Waals surface area contributed by atoms with Gasteiger partial charge in [0.25, 0.3) is 0 Å². The van der Waals surface area contributed by atoms with E-state index in [1.54, 1.807) is 0 Å². The third-order valence-corrected chi connectivity index (χ3v) is 2.33. The lowest BCUT2D eigenvalue weighted by Gasteiger charge is -2.20. The molecule has 17 heavy (non-hydrogen) atoms. The van der Waals surface area contributed by atoms with Crippen molar-refractivity contribution in [2.45, 2.75) is 19.1 Å². The van der Waals surface area contributed by atoms with Gasteiger partial charge in [0.1, 0.15) is 17.4 Å². The highest BCUT2D eigenvalue weighted by atomic mass is 19.4. The molecule has 0 unspecified atom stereocenters. The first kappa shape index (κ1) is 13.3. The topological polar surface area (TPSA) is 83.5 Å². The molecule has 0 spiro atoms. The predicted octanol–water partition coefficient (Wildman–Crippen LogP) is 1.96. The number of phenols is 1. The molecule has 0 radical (unpaired) electrons. The van der Waals surface area contributed by atoms with Gasteiger partial charge in [-0.05, 0) is 18.6 Å². The third kappa shape index (κ3) is 2.50. The summed E-state index contributed by atoms with van der Waals surface area (Å²) in [6.45, 7) is 1.31. The molecule has 4 N–H and O–H groups in total. The molecule has 4 nitrogen and oxygen atoms in total. The van der Waals surface area contributed by atoms with E-state index in [-0.39, 0.29) is 5.56 Å². The van der Waals surface area contributed by atoms with Crippen LogP contribution in [0.25, 0.3) is 0 Å². The lowest BCUT2D eigenvalue weighted by molar-refractivity contribution is -0.149. The zero-order chi connectivity index (χ0) is 13.4. The molecule has 94 valence electrons. The van der Waals surface area contributed by atoms with Gasteiger partial charge in [-0.15, -0.1) is 0 Å². The summed E-state index contributed by atoms with van der Waals surface area (Å²) in [5.41, 5.74) is 3.83. The van der Waals surface area contributed by atoms with Crippen LogP contribution in [0.3, 0.4) is 0 Å². The van der Waals surface area contributed by atoms with Gasteiger partial charge in [-0.2, -0.15) is 13.2 Å². The lowest BCUT2D eigenvalue weighted by atomic mass is 9.97. The number of aromatic hydroxyl groups is 1. The normalized spacial score (nSPS) is 13.5. The minimum atomic E-state index is -4.75. The van der Waals surface area contributed by atoms with Crippen molar-refractivity contribution in [3.05, 3.63) is 28.8 Å². The van der Waals surface area contributed by atoms with E-state index in [2.05, 4.69) is 0 Å². The first-order chi connectivity index (χ1) is 7.66. The molecule has 7 heteroatoms. The van der Waals surface area contributed by atoms with Gasteiger partial charge >= 0.3 is 12.1 Å². The van der Waals surface area contributed by atoms with Crippen LogP contribution in [-0.4, -0.2) is 22.4 Å². The molecule has 0 fully saturated rings. The van der Waals surface area contributed by atoms with Gasteiger partial charge in [0.15, 0.2) is 0 Å². The fourth-order valence-electron chi connectivity index (χ4n) is 1.44. The molecule has 1 atom stereocenters. The van der Waals surface area contributed by atoms with E-state index in [1.807, 2.05) is 0 Å². The second kappa shape index (κ2) is 4.25. The van der Waals surface area contributed by atoms with Crippen molar-refractivity contribution >= 4 is 5.97 Å². The number of carbonyl (C=O) groups is 1. The van der Waals surface area contributed by atoms with Crippen molar-refractivity contribution < 1.29 is 28.2 Å². The predicted molar refractivity (Wildman–Crippen MR) is 52.8 cm³/mol. The standard InChI is InChI=1S/C10H10F3NO3/c1-4-2-3-5(9(16)17)7(15)6(4)8(14)10(11,12)13/h2-3,8,15H,14H2,1H3,(H,16,17)/t8-/m1/s1. The Hall–Kier alpha value is -1.76. The first-order valence-corrected chi connectivity index (χ1v) is 4.54. The number of nitrogens with two attached hydrogens (primary N) is 1. The second-order valence-electron chi connectivity index (χ2n) is 3.52. The lowest BCUT2D eigenvalue weighted by Crippen LogP contribution is -2.29. The van der Waals surface area contributed by atoms with Gasteiger partial charge in [0.2, 0.25) is 0 Å². The molecular formula is C10H10F3NO3. The Morgan fingerprint density at radius 3 is 2.35 bits per heavy atom. The van der Waals surface area contributed by atoms with Crippen LogP contribution in [0.4, 0.5) is 13.2 Å². The zero-order valence-electron chi connectivity index (χ0n) is 8.75. The number of rotatable bonds is 2. The molecule has 1 aromatic carbocycles. The van der Waals surface area contributed by atoms with Crippen molar-refractivity contribution in [3.63, 3.8) is 0 Å². The van der Waals surface area contributed by atoms with E-state index in [4.69, 9.17) is 10.8 Å². The number of carboxylic acids is 1. The molecule has 1 aromatic rings. The number of halogens is 3. The average Bonchev–Trinajstić information content (AvgIpc) is 2.15. The van der Waals surface area contributed by atoms with Gasteiger partial charge in [-0.1, -0.05) is 6.07 Å². The van der Waals surface area contributed by atoms with E-state index in [0.29, 0.717) is 0 Å². The Labute approximate surface area is 94.5 Å². The van der Waals surface area contributed by atoms with Gasteiger partial charge in [0, 0.05) is 5.56 Å². The summed E-state index contributed by atoms with van der Waals surface area (Å²) in [7, 11) is 0. The van der Waals surface area contributed by atoms with E-state index in [0.717, 1.165) is 6.07 Å². The third-order valence-electron chi connectivity index (χ3n) is 2.33. The highest BCUT2D eigenvalue weighted by molar-refractivity contribution is 5.91. The minimum absolute atomic E-state index is 0.0809. The highest BCUT2D eigenvalue weighted by Gasteiger charge is 2.40. The van der Waals surface area contributed by atoms with Crippen molar-refractivity contribution in [1.29, 1.82) is 0 Å². The molecule has 0 saturated heterocycles. The summed E-state index contributed by atoms with van der Waals surface area (Å²) in [4.78, 5) is 10.7. The van der Waals surface area contributed by atoms with Crippen LogP contribution in [0.1, 0.15) is 27.5 Å². The number of hydrogen-bond acceptors (Lipinski definition) is 3. The molecule has 1 rings (SSSR count). The Morgan fingerprint density at radius 1 is 1.41 bits per heavy atom. The average molecular weight is 249 g/mol. The quantitative estimate of drug-likeness (QED) is 0.748. The fraction of sp³-hybridized carbons (Fsp3) is 0.300. The van der Waals surface area contributed by atoms with Crippen molar-refractivity contribution in [2.24, 2.45) is 5.73 Å². The molecule has 0 aromatic heterocycles. The number of hydrogen-bond donors (Lipinski definition) is 3. The number of aryl methyl sites for hydroxylation is 1. The SMILES string of the molecule is Cc1ccc(C(=O)O)c(O)c1[C@@H](N)C(F)(F)F. The van der Waals surface area contributed by atoms with E-state index < -0.39 is 35.1 Å². The summed E-state index contributed by atoms with van der Waals surface area (Å²) in [5, 5.41) is 18.2. The molecule has 0 bridgehead atoms. The van der Waals surface area contributed by atoms with Gasteiger partial charge in [-0.3, -0.25) is 0 Å². The van der Waals surface area contributed by atoms with E-state index in [9.17, 15) is 23.1 Å². The van der Waals surface area contributed by atoms with Crippen molar-refractivity contribution in [1.82, 2.24) is 0 Å². The molecule has 0 aliphatic heterocycles. The Bertz CT molecular complexity index is 457. The fourth-order valence-corrected chi connectivity index (χ4v) is 1.44. The zero-order valence-corrected chi connectivity index (χ0v) is 8.75. The molecular weight excluding hydrogens is 239 g/mol. The number of carboxylic acid groups (broad SMARTS) is 1. The minimum Gasteiger partial charge on any atom is -0.507 e. The van der Waals surface area contributed by atoms with Crippen LogP contribution in [0.15, 0.2) is 12.1 Å². The van der Waals surface area contributed by atoms with Gasteiger partial charge in [-0.25, -0.2) is 4.79 Å². The van der Waals surface area contributed by atoms with Crippen LogP contribution in [0.2, 0.25) is 0 Å². The van der Waals surface area contributed by atoms with E-state index >= 15 is 0 Å². The highest BCUT2D eigenvalue weighted by Crippen LogP contribution is 2.38. The monoisotopic (exact) mass is 249 g/mol. The number of benzene rings is 1. The second-order valence-corrected chi connectivity index (χ2v) is 3.52. The van der Waals surface area contributed by atoms with Gasteiger partial charge in [0.05, 0.1) is 0 Å². The van der Waals surface area contributed by atoms with Crippen molar-refractivity contribution in [2.75, 3.05) is 0 Å². The molecule has 0 amide bonds.